The molecule has 0 radical (unpaired) electrons. The third kappa shape index (κ3) is 2.86. The average Bonchev–Trinajstić information content (AvgIpc) is 2.51. The summed E-state index contributed by atoms with van der Waals surface area (Å²) in [4.78, 5) is 20.4. The molecule has 0 spiro atoms. The lowest BCUT2D eigenvalue weighted by atomic mass is 10.2. The van der Waals surface area contributed by atoms with Gasteiger partial charge in [0.2, 0.25) is 5.91 Å². The normalized spacial score (nSPS) is 22.0. The van der Waals surface area contributed by atoms with Crippen LogP contribution in [-0.4, -0.2) is 53.4 Å². The summed E-state index contributed by atoms with van der Waals surface area (Å²) >= 11 is 0. The topological polar surface area (TPSA) is 62.5 Å². The molecule has 5 nitrogen and oxygen atoms in total. The number of nitrogens with two attached hydrogens (primary N) is 1. The summed E-state index contributed by atoms with van der Waals surface area (Å²) in [7, 11) is 1.84. The Kier molecular flexibility index (Phi) is 4.28. The zero-order valence-corrected chi connectivity index (χ0v) is 10.7. The summed E-state index contributed by atoms with van der Waals surface area (Å²) in [6.45, 7) is 2.72. The van der Waals surface area contributed by atoms with Crippen molar-refractivity contribution in [1.82, 2.24) is 14.8 Å². The van der Waals surface area contributed by atoms with Crippen LogP contribution < -0.4 is 5.73 Å². The first kappa shape index (κ1) is 13.0. The molecule has 1 aliphatic heterocycles. The summed E-state index contributed by atoms with van der Waals surface area (Å²) in [5.74, 6) is 0.117. The van der Waals surface area contributed by atoms with E-state index in [0.717, 1.165) is 25.2 Å². The SMILES string of the molecule is CN1CCCN(Cc2ccccn2)C(CN)C1=O. The summed E-state index contributed by atoms with van der Waals surface area (Å²) in [6, 6.07) is 5.61. The largest absolute Gasteiger partial charge is 0.344 e. The van der Waals surface area contributed by atoms with Crippen LogP contribution in [0.2, 0.25) is 0 Å². The molecular formula is C13H20N4O. The van der Waals surface area contributed by atoms with Gasteiger partial charge in [0.25, 0.3) is 0 Å². The van der Waals surface area contributed by atoms with E-state index >= 15 is 0 Å². The number of nitrogens with zero attached hydrogens (tertiary/aromatic N) is 3. The Labute approximate surface area is 108 Å². The molecule has 0 aliphatic carbocycles. The van der Waals surface area contributed by atoms with E-state index in [0.29, 0.717) is 13.1 Å². The van der Waals surface area contributed by atoms with Crippen LogP contribution in [0.15, 0.2) is 24.4 Å². The second-order valence-electron chi connectivity index (χ2n) is 4.66. The second-order valence-corrected chi connectivity index (χ2v) is 4.66. The molecule has 98 valence electrons. The molecule has 1 aromatic rings. The van der Waals surface area contributed by atoms with Crippen LogP contribution in [-0.2, 0) is 11.3 Å². The number of likely N-dealkylation sites (N-methyl/N-ethyl adjacent to an activating group) is 1. The molecule has 18 heavy (non-hydrogen) atoms. The van der Waals surface area contributed by atoms with Crippen LogP contribution in [0, 0.1) is 0 Å². The first-order chi connectivity index (χ1) is 8.72. The van der Waals surface area contributed by atoms with Gasteiger partial charge in [-0.15, -0.1) is 0 Å². The minimum Gasteiger partial charge on any atom is -0.344 e. The fraction of sp³-hybridized carbons (Fsp3) is 0.538. The zero-order chi connectivity index (χ0) is 13.0. The van der Waals surface area contributed by atoms with Gasteiger partial charge >= 0.3 is 0 Å². The number of pyridine rings is 1. The predicted octanol–water partition coefficient (Wildman–Crippen LogP) is 0.0730. The third-order valence-electron chi connectivity index (χ3n) is 3.36. The molecule has 1 fully saturated rings. The fourth-order valence-electron chi connectivity index (χ4n) is 2.33. The number of hydrogen-bond donors (Lipinski definition) is 1. The molecule has 1 amide bonds. The Hall–Kier alpha value is -1.46. The Morgan fingerprint density at radius 3 is 2.94 bits per heavy atom. The van der Waals surface area contributed by atoms with Crippen molar-refractivity contribution < 1.29 is 4.79 Å². The van der Waals surface area contributed by atoms with E-state index in [-0.39, 0.29) is 11.9 Å². The van der Waals surface area contributed by atoms with E-state index < -0.39 is 0 Å². The molecular weight excluding hydrogens is 228 g/mol. The van der Waals surface area contributed by atoms with Crippen molar-refractivity contribution in [1.29, 1.82) is 0 Å². The Bertz CT molecular complexity index is 395. The van der Waals surface area contributed by atoms with Gasteiger partial charge < -0.3 is 10.6 Å². The van der Waals surface area contributed by atoms with Crippen molar-refractivity contribution in [2.75, 3.05) is 26.7 Å². The van der Waals surface area contributed by atoms with Gasteiger partial charge in [-0.25, -0.2) is 0 Å². The maximum Gasteiger partial charge on any atom is 0.240 e. The quantitative estimate of drug-likeness (QED) is 0.822. The molecule has 1 saturated heterocycles. The fourth-order valence-corrected chi connectivity index (χ4v) is 2.33. The highest BCUT2D eigenvalue weighted by molar-refractivity contribution is 5.82. The van der Waals surface area contributed by atoms with Crippen molar-refractivity contribution in [2.45, 2.75) is 19.0 Å². The monoisotopic (exact) mass is 248 g/mol. The van der Waals surface area contributed by atoms with E-state index in [1.807, 2.05) is 25.2 Å². The van der Waals surface area contributed by atoms with Gasteiger partial charge in [0.05, 0.1) is 5.69 Å². The molecule has 0 aromatic carbocycles. The summed E-state index contributed by atoms with van der Waals surface area (Å²) < 4.78 is 0. The number of aromatic nitrogens is 1. The van der Waals surface area contributed by atoms with Crippen LogP contribution in [0.1, 0.15) is 12.1 Å². The van der Waals surface area contributed by atoms with Gasteiger partial charge in [0.1, 0.15) is 6.04 Å². The van der Waals surface area contributed by atoms with E-state index in [4.69, 9.17) is 5.73 Å². The van der Waals surface area contributed by atoms with Gasteiger partial charge in [0, 0.05) is 39.4 Å². The van der Waals surface area contributed by atoms with Crippen molar-refractivity contribution in [3.05, 3.63) is 30.1 Å². The van der Waals surface area contributed by atoms with Gasteiger partial charge in [-0.2, -0.15) is 0 Å². The van der Waals surface area contributed by atoms with Crippen molar-refractivity contribution in [3.8, 4) is 0 Å². The van der Waals surface area contributed by atoms with Gasteiger partial charge in [0.15, 0.2) is 0 Å². The van der Waals surface area contributed by atoms with Crippen LogP contribution in [0.5, 0.6) is 0 Å². The number of rotatable bonds is 3. The summed E-state index contributed by atoms with van der Waals surface area (Å²) in [6.07, 6.45) is 2.75. The molecule has 0 bridgehead atoms. The van der Waals surface area contributed by atoms with Crippen LogP contribution >= 0.6 is 0 Å². The minimum atomic E-state index is -0.223. The highest BCUT2D eigenvalue weighted by Gasteiger charge is 2.29. The number of carbonyl (C=O) groups excluding carboxylic acids is 1. The maximum absolute atomic E-state index is 12.2. The van der Waals surface area contributed by atoms with E-state index in [9.17, 15) is 4.79 Å². The molecule has 2 heterocycles. The molecule has 1 aromatic heterocycles. The summed E-state index contributed by atoms with van der Waals surface area (Å²) in [5, 5.41) is 0. The number of hydrogen-bond acceptors (Lipinski definition) is 4. The van der Waals surface area contributed by atoms with Gasteiger partial charge in [-0.05, 0) is 18.6 Å². The Balaban J connectivity index is 2.12. The van der Waals surface area contributed by atoms with E-state index in [2.05, 4.69) is 9.88 Å². The lowest BCUT2D eigenvalue weighted by Crippen LogP contribution is -2.48. The number of carbonyl (C=O) groups is 1. The molecule has 1 unspecified atom stereocenters. The van der Waals surface area contributed by atoms with Crippen molar-refractivity contribution in [3.63, 3.8) is 0 Å². The van der Waals surface area contributed by atoms with E-state index in [1.54, 1.807) is 11.1 Å². The van der Waals surface area contributed by atoms with Gasteiger partial charge in [-0.3, -0.25) is 14.7 Å². The lowest BCUT2D eigenvalue weighted by molar-refractivity contribution is -0.133. The maximum atomic E-state index is 12.2. The van der Waals surface area contributed by atoms with Crippen molar-refractivity contribution in [2.24, 2.45) is 5.73 Å². The summed E-state index contributed by atoms with van der Waals surface area (Å²) in [5.41, 5.74) is 6.74. The highest BCUT2D eigenvalue weighted by atomic mass is 16.2. The minimum absolute atomic E-state index is 0.117. The van der Waals surface area contributed by atoms with Crippen LogP contribution in [0.3, 0.4) is 0 Å². The second kappa shape index (κ2) is 5.93. The van der Waals surface area contributed by atoms with E-state index in [1.165, 1.54) is 0 Å². The highest BCUT2D eigenvalue weighted by Crippen LogP contribution is 2.12. The third-order valence-corrected chi connectivity index (χ3v) is 3.36. The average molecular weight is 248 g/mol. The van der Waals surface area contributed by atoms with Crippen molar-refractivity contribution >= 4 is 5.91 Å². The molecule has 1 atom stereocenters. The Morgan fingerprint density at radius 2 is 2.28 bits per heavy atom. The molecule has 2 rings (SSSR count). The smallest absolute Gasteiger partial charge is 0.240 e. The molecule has 5 heteroatoms. The van der Waals surface area contributed by atoms with Crippen LogP contribution in [0.4, 0.5) is 0 Å². The molecule has 0 saturated carbocycles. The zero-order valence-electron chi connectivity index (χ0n) is 10.7. The van der Waals surface area contributed by atoms with Gasteiger partial charge in [-0.1, -0.05) is 6.07 Å². The first-order valence-electron chi connectivity index (χ1n) is 6.31. The molecule has 2 N–H and O–H groups in total. The lowest BCUT2D eigenvalue weighted by Gasteiger charge is -2.28. The number of amides is 1. The predicted molar refractivity (Wildman–Crippen MR) is 69.7 cm³/mol. The van der Waals surface area contributed by atoms with Crippen LogP contribution in [0.25, 0.3) is 0 Å². The Morgan fingerprint density at radius 1 is 1.44 bits per heavy atom. The first-order valence-corrected chi connectivity index (χ1v) is 6.31. The molecule has 1 aliphatic rings. The standard InChI is InChI=1S/C13H20N4O/c1-16-7-4-8-17(12(9-14)13(16)18)10-11-5-2-3-6-15-11/h2-3,5-6,12H,4,7-10,14H2,1H3.